The number of alkyl halides is 2. The van der Waals surface area contributed by atoms with Crippen LogP contribution < -0.4 is 5.32 Å². The van der Waals surface area contributed by atoms with Crippen LogP contribution in [0.1, 0.15) is 19.3 Å². The van der Waals surface area contributed by atoms with Gasteiger partial charge in [0.15, 0.2) is 0 Å². The first-order valence-corrected chi connectivity index (χ1v) is 5.18. The van der Waals surface area contributed by atoms with Crippen molar-refractivity contribution in [2.24, 2.45) is 5.92 Å². The van der Waals surface area contributed by atoms with E-state index in [1.54, 1.807) is 0 Å². The summed E-state index contributed by atoms with van der Waals surface area (Å²) in [4.78, 5) is 11.5. The Bertz CT molecular complexity index is 254. The fraction of sp³-hybridized carbons (Fsp3) is 0.667. The Balaban J connectivity index is 1.80. The molecule has 1 N–H and O–H groups in total. The van der Waals surface area contributed by atoms with E-state index in [2.05, 4.69) is 17.5 Å². The van der Waals surface area contributed by atoms with E-state index >= 15 is 0 Å². The van der Waals surface area contributed by atoms with Crippen LogP contribution in [0, 0.1) is 5.92 Å². The summed E-state index contributed by atoms with van der Waals surface area (Å²) in [5.41, 5.74) is 0. The van der Waals surface area contributed by atoms with Crippen molar-refractivity contribution in [2.45, 2.75) is 29.6 Å². The van der Waals surface area contributed by atoms with Gasteiger partial charge >= 0.3 is 0 Å². The molecule has 0 radical (unpaired) electrons. The number of halogens is 2. The Morgan fingerprint density at radius 1 is 1.38 bits per heavy atom. The van der Waals surface area contributed by atoms with Crippen molar-refractivity contribution in [1.29, 1.82) is 0 Å². The zero-order valence-corrected chi connectivity index (χ0v) is 8.61. The van der Waals surface area contributed by atoms with Crippen molar-refractivity contribution in [3.63, 3.8) is 0 Å². The predicted octanol–water partition coefficient (Wildman–Crippen LogP) is 2.01. The van der Waals surface area contributed by atoms with E-state index in [1.165, 1.54) is 0 Å². The highest BCUT2D eigenvalue weighted by Gasteiger charge is 2.56. The first kappa shape index (κ1) is 9.35. The molecule has 4 heteroatoms. The van der Waals surface area contributed by atoms with Gasteiger partial charge in [-0.25, -0.2) is 0 Å². The molecule has 2 aliphatic rings. The Morgan fingerprint density at radius 3 is 2.38 bits per heavy atom. The van der Waals surface area contributed by atoms with E-state index in [0.717, 1.165) is 12.8 Å². The molecule has 0 heterocycles. The molecule has 1 amide bonds. The summed E-state index contributed by atoms with van der Waals surface area (Å²) in [6, 6.07) is 0.261. The van der Waals surface area contributed by atoms with Crippen molar-refractivity contribution in [2.75, 3.05) is 0 Å². The average molecular weight is 220 g/mol. The molecule has 2 nitrogen and oxygen atoms in total. The van der Waals surface area contributed by atoms with Gasteiger partial charge in [-0.3, -0.25) is 4.79 Å². The normalized spacial score (nSPS) is 30.5. The van der Waals surface area contributed by atoms with E-state index in [0.29, 0.717) is 6.42 Å². The van der Waals surface area contributed by atoms with Crippen molar-refractivity contribution in [3.8, 4) is 0 Å². The molecule has 1 fully saturated rings. The molecule has 0 aliphatic heterocycles. The number of hydrogen-bond donors (Lipinski definition) is 1. The summed E-state index contributed by atoms with van der Waals surface area (Å²) in [5.74, 6) is -0.199. The maximum Gasteiger partial charge on any atom is 0.226 e. The van der Waals surface area contributed by atoms with Gasteiger partial charge in [-0.2, -0.15) is 0 Å². The molecule has 0 aromatic rings. The van der Waals surface area contributed by atoms with Gasteiger partial charge in [0.25, 0.3) is 0 Å². The molecular weight excluding hydrogens is 209 g/mol. The quantitative estimate of drug-likeness (QED) is 0.559. The molecule has 1 unspecified atom stereocenters. The fourth-order valence-electron chi connectivity index (χ4n) is 1.53. The standard InChI is InChI=1S/C9H11Cl2NO/c10-9(11)5-7(9)8(13)12-6-3-1-2-4-6/h1-2,6-7H,3-5H2,(H,12,13). The number of nitrogens with one attached hydrogen (secondary N) is 1. The lowest BCUT2D eigenvalue weighted by molar-refractivity contribution is -0.122. The molecule has 2 aliphatic carbocycles. The molecule has 0 aromatic heterocycles. The summed E-state index contributed by atoms with van der Waals surface area (Å²) in [7, 11) is 0. The zero-order chi connectivity index (χ0) is 9.47. The maximum absolute atomic E-state index is 11.5. The predicted molar refractivity (Wildman–Crippen MR) is 52.8 cm³/mol. The third-order valence-corrected chi connectivity index (χ3v) is 3.33. The Kier molecular flexibility index (Phi) is 2.28. The second-order valence-corrected chi connectivity index (χ2v) is 5.21. The van der Waals surface area contributed by atoms with Crippen LogP contribution in [0.25, 0.3) is 0 Å². The topological polar surface area (TPSA) is 29.1 Å². The molecular formula is C9H11Cl2NO. The van der Waals surface area contributed by atoms with Gasteiger partial charge in [-0.05, 0) is 19.3 Å². The van der Waals surface area contributed by atoms with E-state index in [4.69, 9.17) is 23.2 Å². The van der Waals surface area contributed by atoms with Gasteiger partial charge in [0.05, 0.1) is 5.92 Å². The molecule has 0 spiro atoms. The minimum absolute atomic E-state index is 0.00120. The van der Waals surface area contributed by atoms with Crippen LogP contribution in [-0.2, 0) is 4.79 Å². The Morgan fingerprint density at radius 2 is 1.92 bits per heavy atom. The third kappa shape index (κ3) is 2.00. The lowest BCUT2D eigenvalue weighted by Gasteiger charge is -2.11. The molecule has 2 rings (SSSR count). The van der Waals surface area contributed by atoms with Gasteiger partial charge in [0.1, 0.15) is 4.33 Å². The number of carbonyl (C=O) groups is 1. The van der Waals surface area contributed by atoms with Crippen molar-refractivity contribution in [1.82, 2.24) is 5.32 Å². The van der Waals surface area contributed by atoms with Gasteiger partial charge < -0.3 is 5.32 Å². The number of amides is 1. The molecule has 13 heavy (non-hydrogen) atoms. The van der Waals surface area contributed by atoms with Crippen LogP contribution >= 0.6 is 23.2 Å². The first-order chi connectivity index (χ1) is 6.09. The van der Waals surface area contributed by atoms with Crippen LogP contribution in [-0.4, -0.2) is 16.3 Å². The van der Waals surface area contributed by atoms with Crippen LogP contribution in [0.5, 0.6) is 0 Å². The van der Waals surface area contributed by atoms with Crippen molar-refractivity contribution < 1.29 is 4.79 Å². The molecule has 72 valence electrons. The summed E-state index contributed by atoms with van der Waals surface area (Å²) in [6.45, 7) is 0. The second kappa shape index (κ2) is 3.18. The summed E-state index contributed by atoms with van der Waals surface area (Å²) >= 11 is 11.6. The molecule has 0 bridgehead atoms. The highest BCUT2D eigenvalue weighted by Crippen LogP contribution is 2.53. The number of carbonyl (C=O) groups excluding carboxylic acids is 1. The zero-order valence-electron chi connectivity index (χ0n) is 7.09. The van der Waals surface area contributed by atoms with E-state index < -0.39 is 4.33 Å². The number of rotatable bonds is 2. The van der Waals surface area contributed by atoms with Gasteiger partial charge in [-0.1, -0.05) is 12.2 Å². The highest BCUT2D eigenvalue weighted by atomic mass is 35.5. The summed E-state index contributed by atoms with van der Waals surface area (Å²) < 4.78 is -0.796. The maximum atomic E-state index is 11.5. The second-order valence-electron chi connectivity index (χ2n) is 3.67. The van der Waals surface area contributed by atoms with Crippen molar-refractivity contribution in [3.05, 3.63) is 12.2 Å². The summed E-state index contributed by atoms with van der Waals surface area (Å²) in [6.07, 6.45) is 6.59. The average Bonchev–Trinajstić information content (AvgIpc) is 2.49. The first-order valence-electron chi connectivity index (χ1n) is 4.43. The van der Waals surface area contributed by atoms with E-state index in [9.17, 15) is 4.79 Å². The highest BCUT2D eigenvalue weighted by molar-refractivity contribution is 6.52. The lowest BCUT2D eigenvalue weighted by atomic mass is 10.2. The fourth-order valence-corrected chi connectivity index (χ4v) is 2.04. The molecule has 1 atom stereocenters. The Hall–Kier alpha value is -0.210. The van der Waals surface area contributed by atoms with Crippen LogP contribution in [0.3, 0.4) is 0 Å². The van der Waals surface area contributed by atoms with Crippen LogP contribution in [0.2, 0.25) is 0 Å². The van der Waals surface area contributed by atoms with Crippen LogP contribution in [0.15, 0.2) is 12.2 Å². The van der Waals surface area contributed by atoms with E-state index in [1.807, 2.05) is 0 Å². The van der Waals surface area contributed by atoms with Gasteiger partial charge in [0, 0.05) is 6.04 Å². The lowest BCUT2D eigenvalue weighted by Crippen LogP contribution is -2.35. The van der Waals surface area contributed by atoms with Crippen molar-refractivity contribution >= 4 is 29.1 Å². The monoisotopic (exact) mass is 219 g/mol. The largest absolute Gasteiger partial charge is 0.352 e. The molecule has 0 aromatic carbocycles. The van der Waals surface area contributed by atoms with Crippen LogP contribution in [0.4, 0.5) is 0 Å². The summed E-state index contributed by atoms with van der Waals surface area (Å²) in [5, 5.41) is 2.93. The Labute approximate surface area is 87.3 Å². The smallest absolute Gasteiger partial charge is 0.226 e. The van der Waals surface area contributed by atoms with E-state index in [-0.39, 0.29) is 17.9 Å². The third-order valence-electron chi connectivity index (χ3n) is 2.50. The van der Waals surface area contributed by atoms with Gasteiger partial charge in [-0.15, -0.1) is 23.2 Å². The number of hydrogen-bond acceptors (Lipinski definition) is 1. The molecule has 0 saturated heterocycles. The molecule has 1 saturated carbocycles. The SMILES string of the molecule is O=C(NC1CC=CC1)C1CC1(Cl)Cl. The van der Waals surface area contributed by atoms with Gasteiger partial charge in [0.2, 0.25) is 5.91 Å². The minimum atomic E-state index is -0.796. The minimum Gasteiger partial charge on any atom is -0.352 e.